The van der Waals surface area contributed by atoms with Gasteiger partial charge in [-0.05, 0) is 45.4 Å². The Morgan fingerprint density at radius 2 is 1.95 bits per heavy atom. The van der Waals surface area contributed by atoms with Crippen molar-refractivity contribution in [2.45, 2.75) is 59.0 Å². The average molecular weight is 291 g/mol. The van der Waals surface area contributed by atoms with Crippen LogP contribution in [0.2, 0.25) is 0 Å². The van der Waals surface area contributed by atoms with Gasteiger partial charge in [0.2, 0.25) is 5.91 Å². The van der Waals surface area contributed by atoms with E-state index in [2.05, 4.69) is 31.0 Å². The molecule has 0 aliphatic rings. The summed E-state index contributed by atoms with van der Waals surface area (Å²) in [6.07, 6.45) is 3.27. The van der Waals surface area contributed by atoms with Crippen LogP contribution in [-0.2, 0) is 4.79 Å². The minimum Gasteiger partial charge on any atom is -0.397 e. The molecule has 0 heterocycles. The molecule has 2 unspecified atom stereocenters. The fraction of sp³-hybridized carbons (Fsp3) is 0.588. The lowest BCUT2D eigenvalue weighted by Gasteiger charge is -2.33. The topological polar surface area (TPSA) is 58.4 Å². The number of para-hydroxylation sites is 2. The molecule has 0 bridgehead atoms. The first kappa shape index (κ1) is 17.5. The minimum atomic E-state index is -0.161. The number of hydrogen-bond donors (Lipinski definition) is 2. The summed E-state index contributed by atoms with van der Waals surface area (Å²) in [5, 5.41) is 2.94. The Morgan fingerprint density at radius 1 is 1.29 bits per heavy atom. The monoisotopic (exact) mass is 291 g/mol. The lowest BCUT2D eigenvalue weighted by atomic mass is 10.1. The van der Waals surface area contributed by atoms with Crippen molar-refractivity contribution in [3.8, 4) is 0 Å². The number of hydrogen-bond acceptors (Lipinski definition) is 3. The number of benzene rings is 1. The van der Waals surface area contributed by atoms with Gasteiger partial charge in [0.05, 0.1) is 17.4 Å². The number of nitrogens with two attached hydrogens (primary N) is 1. The number of nitrogens with one attached hydrogen (secondary N) is 1. The quantitative estimate of drug-likeness (QED) is 0.721. The number of carbonyl (C=O) groups excluding carboxylic acids is 1. The summed E-state index contributed by atoms with van der Waals surface area (Å²) >= 11 is 0. The highest BCUT2D eigenvalue weighted by atomic mass is 16.2. The number of nitrogens with zero attached hydrogens (tertiary/aromatic N) is 1. The smallest absolute Gasteiger partial charge is 0.241 e. The third kappa shape index (κ3) is 5.05. The third-order valence-corrected chi connectivity index (χ3v) is 4.02. The maximum atomic E-state index is 12.5. The average Bonchev–Trinajstić information content (AvgIpc) is 2.49. The summed E-state index contributed by atoms with van der Waals surface area (Å²) in [6, 6.07) is 7.60. The molecule has 0 aliphatic carbocycles. The zero-order valence-corrected chi connectivity index (χ0v) is 13.7. The zero-order chi connectivity index (χ0) is 15.8. The van der Waals surface area contributed by atoms with Crippen molar-refractivity contribution in [3.05, 3.63) is 24.3 Å². The molecule has 3 N–H and O–H groups in total. The molecule has 4 heteroatoms. The number of unbranched alkanes of at least 4 members (excludes halogenated alkanes) is 1. The maximum absolute atomic E-state index is 12.5. The van der Waals surface area contributed by atoms with E-state index in [1.54, 1.807) is 6.07 Å². The predicted molar refractivity (Wildman–Crippen MR) is 90.3 cm³/mol. The van der Waals surface area contributed by atoms with Crippen molar-refractivity contribution in [1.82, 2.24) is 4.90 Å². The second-order valence-corrected chi connectivity index (χ2v) is 5.60. The number of anilines is 2. The van der Waals surface area contributed by atoms with Crippen LogP contribution in [0.15, 0.2) is 24.3 Å². The van der Waals surface area contributed by atoms with Gasteiger partial charge >= 0.3 is 0 Å². The van der Waals surface area contributed by atoms with Crippen LogP contribution in [0.1, 0.15) is 47.0 Å². The molecule has 118 valence electrons. The Bertz CT molecular complexity index is 447. The van der Waals surface area contributed by atoms with Crippen LogP contribution in [0.5, 0.6) is 0 Å². The molecule has 1 aromatic carbocycles. The maximum Gasteiger partial charge on any atom is 0.241 e. The van der Waals surface area contributed by atoms with Crippen LogP contribution in [0.3, 0.4) is 0 Å². The van der Waals surface area contributed by atoms with Crippen molar-refractivity contribution in [2.24, 2.45) is 0 Å². The van der Waals surface area contributed by atoms with E-state index in [9.17, 15) is 4.79 Å². The molecule has 1 aromatic rings. The summed E-state index contributed by atoms with van der Waals surface area (Å²) < 4.78 is 0. The van der Waals surface area contributed by atoms with Gasteiger partial charge in [0.25, 0.3) is 0 Å². The standard InChI is InChI=1S/C17H29N3O/c1-5-7-12-20(13(3)6-2)14(4)17(21)19-16-11-9-8-10-15(16)18/h8-11,13-14H,5-7,12,18H2,1-4H3,(H,19,21). The summed E-state index contributed by atoms with van der Waals surface area (Å²) in [5.74, 6) is 0.00398. The second kappa shape index (κ2) is 8.67. The van der Waals surface area contributed by atoms with Gasteiger partial charge in [0, 0.05) is 6.04 Å². The van der Waals surface area contributed by atoms with Crippen LogP contribution >= 0.6 is 0 Å². The van der Waals surface area contributed by atoms with Crippen molar-refractivity contribution >= 4 is 17.3 Å². The van der Waals surface area contributed by atoms with Gasteiger partial charge < -0.3 is 11.1 Å². The highest BCUT2D eigenvalue weighted by Crippen LogP contribution is 2.18. The molecule has 0 radical (unpaired) electrons. The molecular formula is C17H29N3O. The molecule has 0 saturated heterocycles. The van der Waals surface area contributed by atoms with E-state index in [1.165, 1.54) is 0 Å². The Balaban J connectivity index is 2.75. The van der Waals surface area contributed by atoms with E-state index >= 15 is 0 Å². The van der Waals surface area contributed by atoms with Crippen molar-refractivity contribution in [1.29, 1.82) is 0 Å². The van der Waals surface area contributed by atoms with Gasteiger partial charge in [0.15, 0.2) is 0 Å². The van der Waals surface area contributed by atoms with Crippen LogP contribution < -0.4 is 11.1 Å². The molecule has 21 heavy (non-hydrogen) atoms. The summed E-state index contributed by atoms with van der Waals surface area (Å²) in [6.45, 7) is 9.42. The SMILES string of the molecule is CCCCN(C(C)CC)C(C)C(=O)Nc1ccccc1N. The van der Waals surface area contributed by atoms with Crippen molar-refractivity contribution < 1.29 is 4.79 Å². The number of nitrogen functional groups attached to an aromatic ring is 1. The van der Waals surface area contributed by atoms with Crippen molar-refractivity contribution in [2.75, 3.05) is 17.6 Å². The van der Waals surface area contributed by atoms with Crippen LogP contribution in [0, 0.1) is 0 Å². The zero-order valence-electron chi connectivity index (χ0n) is 13.7. The van der Waals surface area contributed by atoms with Crippen molar-refractivity contribution in [3.63, 3.8) is 0 Å². The van der Waals surface area contributed by atoms with Gasteiger partial charge in [-0.15, -0.1) is 0 Å². The highest BCUT2D eigenvalue weighted by Gasteiger charge is 2.24. The second-order valence-electron chi connectivity index (χ2n) is 5.60. The summed E-state index contributed by atoms with van der Waals surface area (Å²) in [4.78, 5) is 14.8. The minimum absolute atomic E-state index is 0.00398. The van der Waals surface area contributed by atoms with Gasteiger partial charge in [-0.25, -0.2) is 0 Å². The number of rotatable bonds is 8. The molecule has 0 aliphatic heterocycles. The largest absolute Gasteiger partial charge is 0.397 e. The van der Waals surface area contributed by atoms with E-state index in [0.29, 0.717) is 17.4 Å². The summed E-state index contributed by atoms with van der Waals surface area (Å²) in [7, 11) is 0. The first-order valence-corrected chi connectivity index (χ1v) is 7.92. The van der Waals surface area contributed by atoms with E-state index in [0.717, 1.165) is 25.8 Å². The molecule has 0 spiro atoms. The number of amides is 1. The van der Waals surface area contributed by atoms with Gasteiger partial charge in [-0.1, -0.05) is 32.4 Å². The Hall–Kier alpha value is -1.55. The molecule has 1 amide bonds. The van der Waals surface area contributed by atoms with E-state index in [-0.39, 0.29) is 11.9 Å². The van der Waals surface area contributed by atoms with Crippen LogP contribution in [0.4, 0.5) is 11.4 Å². The number of carbonyl (C=O) groups is 1. The first-order valence-electron chi connectivity index (χ1n) is 7.92. The van der Waals surface area contributed by atoms with Gasteiger partial charge in [-0.3, -0.25) is 9.69 Å². The predicted octanol–water partition coefficient (Wildman–Crippen LogP) is 3.50. The molecule has 0 aromatic heterocycles. The normalized spacial score (nSPS) is 14.0. The van der Waals surface area contributed by atoms with Gasteiger partial charge in [0.1, 0.15) is 0 Å². The fourth-order valence-electron chi connectivity index (χ4n) is 2.37. The molecule has 0 saturated carbocycles. The Morgan fingerprint density at radius 3 is 2.52 bits per heavy atom. The summed E-state index contributed by atoms with van der Waals surface area (Å²) in [5.41, 5.74) is 7.17. The van der Waals surface area contributed by atoms with Crippen LogP contribution in [-0.4, -0.2) is 29.4 Å². The highest BCUT2D eigenvalue weighted by molar-refractivity contribution is 5.97. The lowest BCUT2D eigenvalue weighted by Crippen LogP contribution is -2.47. The lowest BCUT2D eigenvalue weighted by molar-refractivity contribution is -0.121. The van der Waals surface area contributed by atoms with Crippen LogP contribution in [0.25, 0.3) is 0 Å². The molecule has 2 atom stereocenters. The van der Waals surface area contributed by atoms with E-state index < -0.39 is 0 Å². The Kier molecular flexibility index (Phi) is 7.23. The molecule has 1 rings (SSSR count). The molecule has 0 fully saturated rings. The molecular weight excluding hydrogens is 262 g/mol. The fourth-order valence-corrected chi connectivity index (χ4v) is 2.37. The third-order valence-electron chi connectivity index (χ3n) is 4.02. The molecule has 4 nitrogen and oxygen atoms in total. The van der Waals surface area contributed by atoms with Gasteiger partial charge in [-0.2, -0.15) is 0 Å². The van der Waals surface area contributed by atoms with E-state index in [1.807, 2.05) is 25.1 Å². The van der Waals surface area contributed by atoms with E-state index in [4.69, 9.17) is 5.73 Å². The Labute approximate surface area is 128 Å². The first-order chi connectivity index (χ1) is 10.0.